The van der Waals surface area contributed by atoms with E-state index < -0.39 is 0 Å². The summed E-state index contributed by atoms with van der Waals surface area (Å²) in [6, 6.07) is 10.4. The van der Waals surface area contributed by atoms with Gasteiger partial charge in [0.05, 0.1) is 11.6 Å². The number of alkyl halides is 2. The zero-order valence-corrected chi connectivity index (χ0v) is 15.7. The van der Waals surface area contributed by atoms with Gasteiger partial charge in [-0.25, -0.2) is 0 Å². The van der Waals surface area contributed by atoms with Crippen molar-refractivity contribution in [2.24, 2.45) is 5.92 Å². The number of rotatable bonds is 5. The topological polar surface area (TPSA) is 23.8 Å². The molecule has 0 radical (unpaired) electrons. The fraction of sp³-hybridized carbons (Fsp3) is 0.611. The molecule has 1 aromatic rings. The quantitative estimate of drug-likeness (QED) is 0.531. The van der Waals surface area contributed by atoms with Crippen LogP contribution in [0.2, 0.25) is 0 Å². The maximum Gasteiger partial charge on any atom is 0.0991 e. The van der Waals surface area contributed by atoms with Gasteiger partial charge in [0.25, 0.3) is 0 Å². The molecule has 0 spiro atoms. The van der Waals surface area contributed by atoms with Gasteiger partial charge in [0, 0.05) is 9.65 Å². The fourth-order valence-corrected chi connectivity index (χ4v) is 3.77. The Bertz CT molecular complexity index is 467. The summed E-state index contributed by atoms with van der Waals surface area (Å²) in [5.74, 6) is 1.59. The van der Waals surface area contributed by atoms with Crippen LogP contribution in [0, 0.1) is 17.2 Å². The van der Waals surface area contributed by atoms with Gasteiger partial charge in [-0.1, -0.05) is 50.9 Å². The second kappa shape index (κ2) is 8.34. The Balaban J connectivity index is 1.79. The summed E-state index contributed by atoms with van der Waals surface area (Å²) in [5, 5.41) is 8.86. The van der Waals surface area contributed by atoms with Gasteiger partial charge in [-0.05, 0) is 68.1 Å². The van der Waals surface area contributed by atoms with E-state index in [9.17, 15) is 0 Å². The van der Waals surface area contributed by atoms with Crippen LogP contribution < -0.4 is 0 Å². The van der Waals surface area contributed by atoms with Crippen LogP contribution in [0.25, 0.3) is 0 Å². The molecular weight excluding hydrogens is 390 g/mol. The number of hydrogen-bond donors (Lipinski definition) is 0. The number of nitriles is 1. The highest BCUT2D eigenvalue weighted by molar-refractivity contribution is 9.12. The number of benzene rings is 1. The first-order valence-corrected chi connectivity index (χ1v) is 9.71. The maximum absolute atomic E-state index is 8.86. The summed E-state index contributed by atoms with van der Waals surface area (Å²) in [7, 11) is 0. The monoisotopic (exact) mass is 411 g/mol. The van der Waals surface area contributed by atoms with Gasteiger partial charge >= 0.3 is 0 Å². The van der Waals surface area contributed by atoms with Crippen molar-refractivity contribution >= 4 is 31.9 Å². The minimum absolute atomic E-state index is 0.549. The highest BCUT2D eigenvalue weighted by Gasteiger charge is 2.23. The van der Waals surface area contributed by atoms with E-state index in [1.165, 1.54) is 44.1 Å². The molecule has 2 atom stereocenters. The first kappa shape index (κ1) is 17.0. The summed E-state index contributed by atoms with van der Waals surface area (Å²) in [5.41, 5.74) is 2.18. The minimum atomic E-state index is 0.549. The third-order valence-corrected chi connectivity index (χ3v) is 7.31. The van der Waals surface area contributed by atoms with Gasteiger partial charge in [0.2, 0.25) is 0 Å². The molecule has 1 saturated carbocycles. The van der Waals surface area contributed by atoms with Crippen molar-refractivity contribution < 1.29 is 0 Å². The highest BCUT2D eigenvalue weighted by atomic mass is 79.9. The van der Waals surface area contributed by atoms with Crippen molar-refractivity contribution in [1.29, 1.82) is 5.26 Å². The van der Waals surface area contributed by atoms with Crippen LogP contribution in [0.15, 0.2) is 24.3 Å². The summed E-state index contributed by atoms with van der Waals surface area (Å²) in [6.07, 6.45) is 7.90. The zero-order chi connectivity index (χ0) is 15.2. The lowest BCUT2D eigenvalue weighted by Gasteiger charge is -2.29. The molecule has 0 aliphatic heterocycles. The Morgan fingerprint density at radius 3 is 2.29 bits per heavy atom. The Kier molecular flexibility index (Phi) is 6.76. The largest absolute Gasteiger partial charge is 0.192 e. The molecule has 1 aliphatic carbocycles. The third-order valence-electron chi connectivity index (χ3n) is 4.71. The molecular formula is C18H23Br2N. The summed E-state index contributed by atoms with van der Waals surface area (Å²) in [6.45, 7) is 2.21. The van der Waals surface area contributed by atoms with Gasteiger partial charge in [0.15, 0.2) is 0 Å². The summed E-state index contributed by atoms with van der Waals surface area (Å²) < 4.78 is 0. The van der Waals surface area contributed by atoms with Crippen molar-refractivity contribution in [3.8, 4) is 6.07 Å². The molecule has 21 heavy (non-hydrogen) atoms. The van der Waals surface area contributed by atoms with E-state index in [0.29, 0.717) is 15.6 Å². The van der Waals surface area contributed by atoms with Crippen molar-refractivity contribution in [3.05, 3.63) is 35.4 Å². The van der Waals surface area contributed by atoms with Gasteiger partial charge in [-0.2, -0.15) is 5.26 Å². The van der Waals surface area contributed by atoms with Crippen LogP contribution in [0.1, 0.15) is 62.5 Å². The number of hydrogen-bond acceptors (Lipinski definition) is 1. The average Bonchev–Trinajstić information content (AvgIpc) is 2.53. The van der Waals surface area contributed by atoms with E-state index in [2.05, 4.69) is 57.0 Å². The van der Waals surface area contributed by atoms with E-state index in [0.717, 1.165) is 11.5 Å². The molecule has 114 valence electrons. The molecule has 1 aliphatic rings. The number of nitrogens with zero attached hydrogens (tertiary/aromatic N) is 1. The smallest absolute Gasteiger partial charge is 0.0991 e. The lowest BCUT2D eigenvalue weighted by Crippen LogP contribution is -2.16. The van der Waals surface area contributed by atoms with Crippen molar-refractivity contribution in [2.45, 2.75) is 61.0 Å². The van der Waals surface area contributed by atoms with Crippen LogP contribution in [-0.2, 0) is 0 Å². The van der Waals surface area contributed by atoms with E-state index in [1.807, 2.05) is 12.1 Å². The van der Waals surface area contributed by atoms with Crippen LogP contribution >= 0.6 is 31.9 Å². The Labute approximate surface area is 145 Å². The highest BCUT2D eigenvalue weighted by Crippen LogP contribution is 2.38. The van der Waals surface area contributed by atoms with Crippen molar-refractivity contribution in [1.82, 2.24) is 0 Å². The Hall–Kier alpha value is -0.330. The lowest BCUT2D eigenvalue weighted by atomic mass is 9.77. The molecule has 3 heteroatoms. The molecule has 2 unspecified atom stereocenters. The SMILES string of the molecule is CC(Br)C(Br)CCC1CCC(c2ccc(C#N)cc2)CC1. The summed E-state index contributed by atoms with van der Waals surface area (Å²) in [4.78, 5) is 1.14. The summed E-state index contributed by atoms with van der Waals surface area (Å²) >= 11 is 7.40. The first-order chi connectivity index (χ1) is 10.1. The molecule has 0 saturated heterocycles. The van der Waals surface area contributed by atoms with Crippen LogP contribution in [0.4, 0.5) is 0 Å². The van der Waals surface area contributed by atoms with E-state index in [-0.39, 0.29) is 0 Å². The van der Waals surface area contributed by atoms with Gasteiger partial charge in [-0.3, -0.25) is 0 Å². The molecule has 1 fully saturated rings. The van der Waals surface area contributed by atoms with Crippen LogP contribution in [0.3, 0.4) is 0 Å². The maximum atomic E-state index is 8.86. The second-order valence-corrected chi connectivity index (χ2v) is 8.84. The average molecular weight is 413 g/mol. The molecule has 0 heterocycles. The van der Waals surface area contributed by atoms with Crippen molar-refractivity contribution in [2.75, 3.05) is 0 Å². The van der Waals surface area contributed by atoms with Gasteiger partial charge < -0.3 is 0 Å². The van der Waals surface area contributed by atoms with Gasteiger partial charge in [-0.15, -0.1) is 0 Å². The Morgan fingerprint density at radius 2 is 1.76 bits per heavy atom. The molecule has 0 bridgehead atoms. The second-order valence-electron chi connectivity index (χ2n) is 6.22. The molecule has 1 aromatic carbocycles. The zero-order valence-electron chi connectivity index (χ0n) is 12.6. The van der Waals surface area contributed by atoms with Gasteiger partial charge in [0.1, 0.15) is 0 Å². The third kappa shape index (κ3) is 5.11. The number of halogens is 2. The Morgan fingerprint density at radius 1 is 1.14 bits per heavy atom. The predicted octanol–water partition coefficient (Wildman–Crippen LogP) is 6.16. The van der Waals surface area contributed by atoms with E-state index >= 15 is 0 Å². The van der Waals surface area contributed by atoms with Crippen LogP contribution in [-0.4, -0.2) is 9.65 Å². The predicted molar refractivity (Wildman–Crippen MR) is 96.2 cm³/mol. The molecule has 1 nitrogen and oxygen atoms in total. The molecule has 0 N–H and O–H groups in total. The first-order valence-electron chi connectivity index (χ1n) is 7.88. The fourth-order valence-electron chi connectivity index (χ4n) is 3.24. The molecule has 2 rings (SSSR count). The minimum Gasteiger partial charge on any atom is -0.192 e. The van der Waals surface area contributed by atoms with Crippen molar-refractivity contribution in [3.63, 3.8) is 0 Å². The van der Waals surface area contributed by atoms with E-state index in [1.54, 1.807) is 0 Å². The molecule has 0 amide bonds. The van der Waals surface area contributed by atoms with Crippen LogP contribution in [0.5, 0.6) is 0 Å². The lowest BCUT2D eigenvalue weighted by molar-refractivity contribution is 0.304. The normalized spacial score (nSPS) is 25.0. The standard InChI is InChI=1S/C18H23Br2N/c1-13(19)18(20)11-6-14-2-7-16(8-3-14)17-9-4-15(12-21)5-10-17/h4-5,9-10,13-14,16,18H,2-3,6-8,11H2,1H3. The van der Waals surface area contributed by atoms with E-state index in [4.69, 9.17) is 5.26 Å². The molecule has 0 aromatic heterocycles.